The first-order valence-electron chi connectivity index (χ1n) is 9.61. The van der Waals surface area contributed by atoms with E-state index in [9.17, 15) is 26.3 Å². The lowest BCUT2D eigenvalue weighted by atomic mass is 10.1. The van der Waals surface area contributed by atoms with Gasteiger partial charge in [-0.3, -0.25) is 0 Å². The van der Waals surface area contributed by atoms with Crippen LogP contribution < -0.4 is 10.1 Å². The zero-order valence-corrected chi connectivity index (χ0v) is 17.4. The molecule has 0 fully saturated rings. The van der Waals surface area contributed by atoms with E-state index in [-0.39, 0.29) is 23.1 Å². The third kappa shape index (κ3) is 5.05. The van der Waals surface area contributed by atoms with Gasteiger partial charge >= 0.3 is 12.5 Å². The number of fused-ring (bicyclic) bond motifs is 1. The first kappa shape index (κ1) is 23.7. The highest BCUT2D eigenvalue weighted by Gasteiger charge is 2.37. The van der Waals surface area contributed by atoms with Gasteiger partial charge in [-0.15, -0.1) is 13.2 Å². The van der Waals surface area contributed by atoms with Crippen LogP contribution in [0.1, 0.15) is 29.9 Å². The van der Waals surface area contributed by atoms with E-state index in [1.807, 2.05) is 6.07 Å². The number of nitrogens with zero attached hydrogens (tertiary/aromatic N) is 7. The fourth-order valence-electron chi connectivity index (χ4n) is 3.23. The number of halogens is 6. The lowest BCUT2D eigenvalue weighted by Gasteiger charge is -2.18. The molecule has 0 bridgehead atoms. The van der Waals surface area contributed by atoms with Crippen molar-refractivity contribution in [3.63, 3.8) is 0 Å². The normalized spacial score (nSPS) is 12.9. The average Bonchev–Trinajstić information content (AvgIpc) is 3.27. The van der Waals surface area contributed by atoms with Gasteiger partial charge in [0.2, 0.25) is 0 Å². The first-order valence-corrected chi connectivity index (χ1v) is 9.61. The van der Waals surface area contributed by atoms with Gasteiger partial charge in [0, 0.05) is 11.6 Å². The zero-order chi connectivity index (χ0) is 25.4. The van der Waals surface area contributed by atoms with Gasteiger partial charge in [0.05, 0.1) is 22.7 Å². The van der Waals surface area contributed by atoms with Gasteiger partial charge in [-0.1, -0.05) is 0 Å². The van der Waals surface area contributed by atoms with Crippen molar-refractivity contribution >= 4 is 16.7 Å². The molecule has 4 rings (SSSR count). The topological polar surface area (TPSA) is 114 Å². The number of hydrogen-bond acceptors (Lipinski definition) is 8. The Labute approximate surface area is 192 Å². The molecule has 0 aliphatic rings. The molecule has 4 aromatic rings. The van der Waals surface area contributed by atoms with Crippen molar-refractivity contribution in [3.05, 3.63) is 60.1 Å². The van der Waals surface area contributed by atoms with Crippen LogP contribution in [-0.2, 0) is 6.18 Å². The van der Waals surface area contributed by atoms with Crippen LogP contribution in [0.5, 0.6) is 5.75 Å². The minimum absolute atomic E-state index is 0.192. The van der Waals surface area contributed by atoms with Gasteiger partial charge < -0.3 is 10.1 Å². The van der Waals surface area contributed by atoms with E-state index in [4.69, 9.17) is 5.26 Å². The average molecular weight is 494 g/mol. The molecule has 0 aliphatic heterocycles. The van der Waals surface area contributed by atoms with Gasteiger partial charge in [-0.25, -0.2) is 19.9 Å². The molecule has 1 unspecified atom stereocenters. The Morgan fingerprint density at radius 2 is 1.80 bits per heavy atom. The zero-order valence-electron chi connectivity index (χ0n) is 17.4. The summed E-state index contributed by atoms with van der Waals surface area (Å²) in [6.07, 6.45) is -6.84. The summed E-state index contributed by atoms with van der Waals surface area (Å²) in [5, 5.41) is 15.5. The summed E-state index contributed by atoms with van der Waals surface area (Å²) in [5.74, 6) is -0.707. The van der Waals surface area contributed by atoms with Crippen molar-refractivity contribution in [2.45, 2.75) is 25.5 Å². The van der Waals surface area contributed by atoms with E-state index in [1.54, 1.807) is 6.92 Å². The predicted octanol–water partition coefficient (Wildman–Crippen LogP) is 4.57. The summed E-state index contributed by atoms with van der Waals surface area (Å²) in [6, 6.07) is 5.18. The smallest absolute Gasteiger partial charge is 0.406 e. The Kier molecular flexibility index (Phi) is 5.89. The number of aromatic nitrogens is 6. The van der Waals surface area contributed by atoms with Crippen LogP contribution in [0.3, 0.4) is 0 Å². The van der Waals surface area contributed by atoms with Crippen LogP contribution in [0.4, 0.5) is 32.2 Å². The molecule has 0 radical (unpaired) electrons. The largest absolute Gasteiger partial charge is 0.573 e. The fourth-order valence-corrected chi connectivity index (χ4v) is 3.23. The highest BCUT2D eigenvalue weighted by molar-refractivity contribution is 5.92. The lowest BCUT2D eigenvalue weighted by Crippen LogP contribution is -2.18. The quantitative estimate of drug-likeness (QED) is 0.402. The number of rotatable bonds is 5. The van der Waals surface area contributed by atoms with Gasteiger partial charge in [-0.05, 0) is 31.2 Å². The Hall–Kier alpha value is -4.48. The maximum absolute atomic E-state index is 13.6. The van der Waals surface area contributed by atoms with E-state index in [1.165, 1.54) is 29.3 Å². The van der Waals surface area contributed by atoms with E-state index < -0.39 is 35.4 Å². The molecular weight excluding hydrogens is 482 g/mol. The molecule has 0 amide bonds. The molecule has 1 atom stereocenters. The summed E-state index contributed by atoms with van der Waals surface area (Å²) in [5.41, 5.74) is -1.73. The van der Waals surface area contributed by atoms with Gasteiger partial charge in [-0.2, -0.15) is 28.2 Å². The number of nitrogens with one attached hydrogen (secondary N) is 1. The Morgan fingerprint density at radius 1 is 1.03 bits per heavy atom. The number of hydrogen-bond donors (Lipinski definition) is 1. The summed E-state index contributed by atoms with van der Waals surface area (Å²) < 4.78 is 84.0. The fraction of sp³-hybridized carbons (Fsp3) is 0.200. The Morgan fingerprint density at radius 3 is 2.43 bits per heavy atom. The lowest BCUT2D eigenvalue weighted by molar-refractivity contribution is -0.274. The van der Waals surface area contributed by atoms with Crippen molar-refractivity contribution in [3.8, 4) is 17.6 Å². The summed E-state index contributed by atoms with van der Waals surface area (Å²) in [4.78, 5) is 15.8. The number of alkyl halides is 6. The third-order valence-electron chi connectivity index (χ3n) is 4.66. The van der Waals surface area contributed by atoms with E-state index in [2.05, 4.69) is 35.1 Å². The van der Waals surface area contributed by atoms with Crippen molar-refractivity contribution in [2.75, 3.05) is 5.32 Å². The Balaban J connectivity index is 1.75. The van der Waals surface area contributed by atoms with Gasteiger partial charge in [0.25, 0.3) is 0 Å². The summed E-state index contributed by atoms with van der Waals surface area (Å²) >= 11 is 0. The molecule has 0 saturated heterocycles. The van der Waals surface area contributed by atoms with Crippen LogP contribution >= 0.6 is 0 Å². The van der Waals surface area contributed by atoms with Crippen LogP contribution in [0.25, 0.3) is 16.7 Å². The number of pyridine rings is 1. The maximum Gasteiger partial charge on any atom is 0.573 e. The molecule has 15 heteroatoms. The van der Waals surface area contributed by atoms with Crippen LogP contribution in [0, 0.1) is 11.3 Å². The number of nitriles is 1. The summed E-state index contributed by atoms with van der Waals surface area (Å²) in [6.45, 7) is 1.58. The third-order valence-corrected chi connectivity index (χ3v) is 4.66. The second-order valence-electron chi connectivity index (χ2n) is 7.05. The van der Waals surface area contributed by atoms with E-state index in [0.29, 0.717) is 11.4 Å². The highest BCUT2D eigenvalue weighted by atomic mass is 19.4. The molecule has 180 valence electrons. The molecule has 0 saturated carbocycles. The van der Waals surface area contributed by atoms with Crippen molar-refractivity contribution in [2.24, 2.45) is 0 Å². The predicted molar refractivity (Wildman–Crippen MR) is 107 cm³/mol. The number of anilines is 1. The number of benzene rings is 1. The van der Waals surface area contributed by atoms with Crippen LogP contribution in [0.2, 0.25) is 0 Å². The monoisotopic (exact) mass is 494 g/mol. The van der Waals surface area contributed by atoms with Crippen LogP contribution in [0.15, 0.2) is 43.1 Å². The van der Waals surface area contributed by atoms with Crippen molar-refractivity contribution in [1.82, 2.24) is 29.7 Å². The number of ether oxygens (including phenoxy) is 1. The van der Waals surface area contributed by atoms with E-state index in [0.717, 1.165) is 12.4 Å². The highest BCUT2D eigenvalue weighted by Crippen LogP contribution is 2.40. The molecular formula is C20H12F6N8O. The molecule has 35 heavy (non-hydrogen) atoms. The van der Waals surface area contributed by atoms with E-state index >= 15 is 0 Å². The minimum atomic E-state index is -5.21. The molecule has 3 aromatic heterocycles. The second kappa shape index (κ2) is 8.70. The molecule has 3 heterocycles. The Bertz CT molecular complexity index is 1410. The van der Waals surface area contributed by atoms with Gasteiger partial charge in [0.15, 0.2) is 11.6 Å². The first-order chi connectivity index (χ1) is 16.5. The van der Waals surface area contributed by atoms with Crippen molar-refractivity contribution < 1.29 is 31.1 Å². The molecule has 1 N–H and O–H groups in total. The summed E-state index contributed by atoms with van der Waals surface area (Å²) in [7, 11) is 0. The molecule has 1 aromatic carbocycles. The van der Waals surface area contributed by atoms with Crippen molar-refractivity contribution in [1.29, 1.82) is 5.26 Å². The standard InChI is InChI=1S/C20H12F6N8O/c1-10(18-31-9-32-34(18)15-3-2-11(6-27)7-28-15)33-17-13-4-12(35-20(24,25)26)5-14(19(21,22)23)16(13)29-8-30-17/h2-5,7-10H,1H3,(H,29,30,33). The SMILES string of the molecule is CC(Nc1ncnc2c(C(F)(F)F)cc(OC(F)(F)F)cc12)c1ncnn1-c1ccc(C#N)cn1. The molecule has 9 nitrogen and oxygen atoms in total. The second-order valence-corrected chi connectivity index (χ2v) is 7.05. The molecule has 0 aliphatic carbocycles. The van der Waals surface area contributed by atoms with Gasteiger partial charge in [0.1, 0.15) is 30.3 Å². The van der Waals surface area contributed by atoms with Crippen LogP contribution in [-0.4, -0.2) is 36.1 Å². The molecule has 0 spiro atoms. The maximum atomic E-state index is 13.6. The minimum Gasteiger partial charge on any atom is -0.406 e.